The Bertz CT molecular complexity index is 1190. The summed E-state index contributed by atoms with van der Waals surface area (Å²) in [6.45, 7) is 8.87. The van der Waals surface area contributed by atoms with E-state index in [0.717, 1.165) is 48.7 Å². The molecule has 2 heterocycles. The molecule has 0 saturated carbocycles. The third-order valence-electron chi connectivity index (χ3n) is 9.23. The van der Waals surface area contributed by atoms with Gasteiger partial charge in [-0.1, -0.05) is 51.8 Å². The number of Topliss-reactive ketones (excluding diaryl/α,β-unsaturated/α-hetero) is 1. The molecule has 1 saturated heterocycles. The van der Waals surface area contributed by atoms with Gasteiger partial charge in [0, 0.05) is 35.5 Å². The van der Waals surface area contributed by atoms with Gasteiger partial charge in [0.2, 0.25) is 18.1 Å². The molecule has 0 spiro atoms. The van der Waals surface area contributed by atoms with Gasteiger partial charge in [0.25, 0.3) is 0 Å². The van der Waals surface area contributed by atoms with Crippen LogP contribution in [0.3, 0.4) is 0 Å². The molecule has 9 heteroatoms. The van der Waals surface area contributed by atoms with Crippen LogP contribution in [0.15, 0.2) is 30.5 Å². The van der Waals surface area contributed by atoms with E-state index in [4.69, 9.17) is 5.73 Å². The number of fused-ring (bicyclic) bond motifs is 1. The summed E-state index contributed by atoms with van der Waals surface area (Å²) in [6.07, 6.45) is 11.0. The smallest absolute Gasteiger partial charge is 0.243 e. The molecule has 1 aromatic carbocycles. The number of benzene rings is 1. The van der Waals surface area contributed by atoms with Gasteiger partial charge in [-0.3, -0.25) is 19.2 Å². The highest BCUT2D eigenvalue weighted by atomic mass is 16.2. The summed E-state index contributed by atoms with van der Waals surface area (Å²) in [5, 5.41) is 10.4. The molecule has 1 aliphatic rings. The minimum Gasteiger partial charge on any atom is -0.361 e. The maximum Gasteiger partial charge on any atom is 0.243 e. The van der Waals surface area contributed by atoms with E-state index in [1.807, 2.05) is 57.5 Å². The summed E-state index contributed by atoms with van der Waals surface area (Å²) in [5.74, 6) is -0.566. The maximum atomic E-state index is 13.4. The first-order valence-electron chi connectivity index (χ1n) is 15.7. The fourth-order valence-corrected chi connectivity index (χ4v) is 6.10. The van der Waals surface area contributed by atoms with Crippen LogP contribution in [0.1, 0.15) is 91.0 Å². The van der Waals surface area contributed by atoms with E-state index in [1.165, 1.54) is 0 Å². The third kappa shape index (κ3) is 8.98. The number of carbonyl (C=O) groups excluding carboxylic acids is 4. The number of para-hydroxylation sites is 1. The molecule has 0 aliphatic carbocycles. The monoisotopic (exact) mass is 580 g/mol. The number of nitrogens with one attached hydrogen (secondary N) is 4. The zero-order chi connectivity index (χ0) is 30.7. The van der Waals surface area contributed by atoms with Crippen molar-refractivity contribution >= 4 is 34.8 Å². The zero-order valence-corrected chi connectivity index (χ0v) is 25.8. The van der Waals surface area contributed by atoms with Gasteiger partial charge >= 0.3 is 0 Å². The molecule has 42 heavy (non-hydrogen) atoms. The molecule has 2 aromatic rings. The second-order valence-corrected chi connectivity index (χ2v) is 12.2. The lowest BCUT2D eigenvalue weighted by molar-refractivity contribution is -0.131. The molecule has 9 nitrogen and oxygen atoms in total. The van der Waals surface area contributed by atoms with E-state index in [9.17, 15) is 19.2 Å². The van der Waals surface area contributed by atoms with E-state index >= 15 is 0 Å². The van der Waals surface area contributed by atoms with Gasteiger partial charge in [-0.2, -0.15) is 0 Å². The summed E-state index contributed by atoms with van der Waals surface area (Å²) in [7, 11) is 0. The van der Waals surface area contributed by atoms with Gasteiger partial charge in [-0.05, 0) is 75.5 Å². The normalized spacial score (nSPS) is 20.7. The van der Waals surface area contributed by atoms with Crippen molar-refractivity contribution in [1.29, 1.82) is 0 Å². The van der Waals surface area contributed by atoms with E-state index in [2.05, 4.69) is 27.9 Å². The molecule has 3 unspecified atom stereocenters. The summed E-state index contributed by atoms with van der Waals surface area (Å²) in [6, 6.07) is 5.34. The lowest BCUT2D eigenvalue weighted by Crippen LogP contribution is -2.56. The van der Waals surface area contributed by atoms with Crippen molar-refractivity contribution in [2.75, 3.05) is 6.54 Å². The van der Waals surface area contributed by atoms with E-state index in [0.29, 0.717) is 38.5 Å². The van der Waals surface area contributed by atoms with Crippen molar-refractivity contribution in [3.05, 3.63) is 36.0 Å². The molecule has 1 aromatic heterocycles. The van der Waals surface area contributed by atoms with E-state index < -0.39 is 29.9 Å². The Labute approximate surface area is 250 Å². The van der Waals surface area contributed by atoms with E-state index in [-0.39, 0.29) is 23.2 Å². The molecular weight excluding hydrogens is 530 g/mol. The van der Waals surface area contributed by atoms with Crippen LogP contribution in [0.25, 0.3) is 10.9 Å². The van der Waals surface area contributed by atoms with Crippen molar-refractivity contribution in [1.82, 2.24) is 20.9 Å². The average molecular weight is 581 g/mol. The zero-order valence-electron chi connectivity index (χ0n) is 25.8. The Hall–Kier alpha value is -3.04. The number of nitrogens with two attached hydrogens (primary N) is 1. The number of carbonyl (C=O) groups is 3. The first kappa shape index (κ1) is 33.5. The number of piperidine rings is 1. The molecule has 3 rings (SSSR count). The summed E-state index contributed by atoms with van der Waals surface area (Å²) in [5.41, 5.74) is 8.09. The standard InChI is InChI=1S/C33H50N5O4/c1-5-22(3)30(38-31(41)28(34)19-23-20-35-29-12-8-7-11-27(23)29)32(42)37-25(21-39)15-13-24(14-16-26(40)6-2)33(4)17-9-10-18-36-33/h7-8,11-12,20,22,24-25,28,30,35-36H,5-6,9-10,13-19,34H2,1-4H3,(H,37,42)(H,38,41)/t22-,24?,25?,28-,30-,33?/m0/s1. The Morgan fingerprint density at radius 2 is 1.83 bits per heavy atom. The van der Waals surface area contributed by atoms with Crippen LogP contribution in [-0.2, 0) is 25.6 Å². The number of aromatic amines is 1. The molecule has 1 radical (unpaired) electrons. The predicted molar refractivity (Wildman–Crippen MR) is 167 cm³/mol. The second-order valence-electron chi connectivity index (χ2n) is 12.2. The topological polar surface area (TPSA) is 146 Å². The van der Waals surface area contributed by atoms with Crippen molar-refractivity contribution in [2.45, 2.75) is 116 Å². The second kappa shape index (κ2) is 16.0. The van der Waals surface area contributed by atoms with Crippen molar-refractivity contribution < 1.29 is 19.2 Å². The van der Waals surface area contributed by atoms with Crippen LogP contribution < -0.4 is 21.7 Å². The largest absolute Gasteiger partial charge is 0.361 e. The lowest BCUT2D eigenvalue weighted by Gasteiger charge is -2.42. The molecule has 231 valence electrons. The first-order valence-corrected chi connectivity index (χ1v) is 15.7. The Morgan fingerprint density at radius 3 is 2.50 bits per heavy atom. The van der Waals surface area contributed by atoms with Gasteiger partial charge < -0.3 is 26.7 Å². The maximum absolute atomic E-state index is 13.4. The molecule has 0 bridgehead atoms. The van der Waals surface area contributed by atoms with Crippen molar-refractivity contribution in [3.63, 3.8) is 0 Å². The molecule has 2 amide bonds. The molecule has 1 fully saturated rings. The quantitative estimate of drug-likeness (QED) is 0.192. The van der Waals surface area contributed by atoms with Gasteiger partial charge in [-0.15, -0.1) is 0 Å². The van der Waals surface area contributed by atoms with Gasteiger partial charge in [0.1, 0.15) is 11.8 Å². The van der Waals surface area contributed by atoms with Gasteiger partial charge in [0.15, 0.2) is 0 Å². The fraction of sp³-hybridized carbons (Fsp3) is 0.636. The summed E-state index contributed by atoms with van der Waals surface area (Å²) >= 11 is 0. The SMILES string of the molecule is CCC(=O)CCC(CCC([C]=O)NC(=O)[C@@H](NC(=O)[C@@H](N)Cc1c[nH]c2ccccc12)[C@@H](C)CC)C1(C)CCCCN1. The Kier molecular flexibility index (Phi) is 12.7. The van der Waals surface area contributed by atoms with Crippen LogP contribution in [0.4, 0.5) is 0 Å². The number of amides is 2. The molecule has 6 atom stereocenters. The number of hydrogen-bond donors (Lipinski definition) is 5. The first-order chi connectivity index (χ1) is 20.1. The van der Waals surface area contributed by atoms with Crippen molar-refractivity contribution in [3.8, 4) is 0 Å². The molecular formula is C33H50N5O4. The number of aromatic nitrogens is 1. The van der Waals surface area contributed by atoms with Gasteiger partial charge in [0.05, 0.1) is 12.1 Å². The highest BCUT2D eigenvalue weighted by molar-refractivity contribution is 5.91. The fourth-order valence-electron chi connectivity index (χ4n) is 6.10. The number of ketones is 1. The minimum atomic E-state index is -0.840. The van der Waals surface area contributed by atoms with Crippen LogP contribution in [0.2, 0.25) is 0 Å². The van der Waals surface area contributed by atoms with Crippen LogP contribution in [0.5, 0.6) is 0 Å². The molecule has 1 aliphatic heterocycles. The average Bonchev–Trinajstić information content (AvgIpc) is 3.40. The number of rotatable bonds is 17. The summed E-state index contributed by atoms with van der Waals surface area (Å²) in [4.78, 5) is 53.8. The summed E-state index contributed by atoms with van der Waals surface area (Å²) < 4.78 is 0. The highest BCUT2D eigenvalue weighted by Gasteiger charge is 2.36. The van der Waals surface area contributed by atoms with Gasteiger partial charge in [-0.25, -0.2) is 0 Å². The third-order valence-corrected chi connectivity index (χ3v) is 9.23. The lowest BCUT2D eigenvalue weighted by atomic mass is 9.74. The van der Waals surface area contributed by atoms with Crippen LogP contribution >= 0.6 is 0 Å². The van der Waals surface area contributed by atoms with Crippen LogP contribution in [0, 0.1) is 11.8 Å². The Balaban J connectivity index is 1.63. The van der Waals surface area contributed by atoms with Crippen LogP contribution in [-0.4, -0.2) is 59.1 Å². The molecule has 6 N–H and O–H groups in total. The Morgan fingerprint density at radius 1 is 1.07 bits per heavy atom. The van der Waals surface area contributed by atoms with Crippen molar-refractivity contribution in [2.24, 2.45) is 17.6 Å². The highest BCUT2D eigenvalue weighted by Crippen LogP contribution is 2.34. The predicted octanol–water partition coefficient (Wildman–Crippen LogP) is 3.85. The van der Waals surface area contributed by atoms with E-state index in [1.54, 1.807) is 0 Å². The number of hydrogen-bond acceptors (Lipinski definition) is 6. The number of H-pyrrole nitrogens is 1. The minimum absolute atomic E-state index is 0.113.